The number of benzene rings is 2. The van der Waals surface area contributed by atoms with Crippen molar-refractivity contribution in [3.05, 3.63) is 70.3 Å². The lowest BCUT2D eigenvalue weighted by molar-refractivity contribution is -0.125. The summed E-state index contributed by atoms with van der Waals surface area (Å²) in [4.78, 5) is 50.9. The molecule has 1 amide bonds. The van der Waals surface area contributed by atoms with Crippen LogP contribution in [-0.2, 0) is 9.53 Å². The highest BCUT2D eigenvalue weighted by atomic mass is 16.5. The van der Waals surface area contributed by atoms with Gasteiger partial charge in [0.2, 0.25) is 0 Å². The monoisotopic (exact) mass is 419 g/mol. The third-order valence-electron chi connectivity index (χ3n) is 6.56. The molecule has 2 aliphatic carbocycles. The maximum absolute atomic E-state index is 13.0. The zero-order valence-electron chi connectivity index (χ0n) is 17.6. The zero-order valence-corrected chi connectivity index (χ0v) is 17.6. The minimum absolute atomic E-state index is 0.00203. The fourth-order valence-electron chi connectivity index (χ4n) is 4.56. The fourth-order valence-corrected chi connectivity index (χ4v) is 4.56. The van der Waals surface area contributed by atoms with Crippen LogP contribution in [-0.4, -0.2) is 36.1 Å². The Labute approximate surface area is 181 Å². The molecule has 0 heterocycles. The van der Waals surface area contributed by atoms with Crippen molar-refractivity contribution >= 4 is 23.4 Å². The number of ketones is 2. The van der Waals surface area contributed by atoms with Crippen LogP contribution in [0.1, 0.15) is 75.3 Å². The number of hydrogen-bond donors (Lipinski definition) is 1. The molecule has 0 radical (unpaired) electrons. The van der Waals surface area contributed by atoms with Gasteiger partial charge in [-0.25, -0.2) is 4.79 Å². The van der Waals surface area contributed by atoms with E-state index >= 15 is 0 Å². The van der Waals surface area contributed by atoms with Crippen molar-refractivity contribution in [2.45, 2.75) is 39.2 Å². The molecule has 0 aromatic heterocycles. The molecule has 4 rings (SSSR count). The van der Waals surface area contributed by atoms with Crippen LogP contribution in [0.15, 0.2) is 42.5 Å². The summed E-state index contributed by atoms with van der Waals surface area (Å²) >= 11 is 0. The van der Waals surface area contributed by atoms with Crippen molar-refractivity contribution in [1.82, 2.24) is 5.32 Å². The average molecular weight is 419 g/mol. The molecule has 1 fully saturated rings. The first-order valence-corrected chi connectivity index (χ1v) is 10.7. The van der Waals surface area contributed by atoms with Gasteiger partial charge in [0.1, 0.15) is 0 Å². The first kappa shape index (κ1) is 21.0. The summed E-state index contributed by atoms with van der Waals surface area (Å²) in [5.41, 5.74) is 0.788. The topological polar surface area (TPSA) is 89.5 Å². The first-order chi connectivity index (χ1) is 14.9. The number of amides is 1. The molecule has 2 aromatic rings. The Bertz CT molecular complexity index is 1070. The predicted octanol–water partition coefficient (Wildman–Crippen LogP) is 3.56. The van der Waals surface area contributed by atoms with E-state index in [1.54, 1.807) is 30.3 Å². The van der Waals surface area contributed by atoms with Gasteiger partial charge in [0.25, 0.3) is 5.91 Å². The van der Waals surface area contributed by atoms with Crippen LogP contribution in [0, 0.1) is 11.8 Å². The van der Waals surface area contributed by atoms with E-state index in [1.165, 1.54) is 12.1 Å². The number of ether oxygens (including phenoxy) is 1. The SMILES string of the molecule is C[C@@H]1[C@H](C)CCC[C@H]1NC(=O)COC(=O)c1cccc2c1C(=O)c1ccccc1C2=O. The van der Waals surface area contributed by atoms with E-state index in [1.807, 2.05) is 0 Å². The van der Waals surface area contributed by atoms with Gasteiger partial charge in [-0.1, -0.05) is 63.1 Å². The van der Waals surface area contributed by atoms with Gasteiger partial charge in [-0.05, 0) is 24.3 Å². The van der Waals surface area contributed by atoms with E-state index in [0.717, 1.165) is 19.3 Å². The van der Waals surface area contributed by atoms with Gasteiger partial charge in [0.15, 0.2) is 18.2 Å². The standard InChI is InChI=1S/C25H25NO5/c1-14-7-5-12-20(15(14)2)26-21(27)13-31-25(30)19-11-6-10-18-22(19)24(29)17-9-4-3-8-16(17)23(18)28/h3-4,6,8-11,14-15,20H,5,7,12-13H2,1-2H3,(H,26,27)/t14-,15-,20-/m1/s1. The zero-order chi connectivity index (χ0) is 22.1. The molecule has 2 aliphatic rings. The molecule has 0 unspecified atom stereocenters. The summed E-state index contributed by atoms with van der Waals surface area (Å²) < 4.78 is 5.22. The van der Waals surface area contributed by atoms with Crippen molar-refractivity contribution < 1.29 is 23.9 Å². The van der Waals surface area contributed by atoms with Crippen molar-refractivity contribution in [2.24, 2.45) is 11.8 Å². The molecule has 2 aromatic carbocycles. The second-order valence-corrected chi connectivity index (χ2v) is 8.45. The second-order valence-electron chi connectivity index (χ2n) is 8.45. The van der Waals surface area contributed by atoms with Crippen LogP contribution in [0.4, 0.5) is 0 Å². The molecule has 0 spiro atoms. The number of nitrogens with one attached hydrogen (secondary N) is 1. The van der Waals surface area contributed by atoms with Gasteiger partial charge in [0.05, 0.1) is 5.56 Å². The summed E-state index contributed by atoms with van der Waals surface area (Å²) in [6.45, 7) is 3.87. The Kier molecular flexibility index (Phi) is 5.72. The molecule has 0 bridgehead atoms. The highest BCUT2D eigenvalue weighted by molar-refractivity contribution is 6.30. The first-order valence-electron chi connectivity index (χ1n) is 10.7. The Morgan fingerprint density at radius 3 is 2.35 bits per heavy atom. The number of carbonyl (C=O) groups is 4. The van der Waals surface area contributed by atoms with Gasteiger partial charge in [0, 0.05) is 28.3 Å². The highest BCUT2D eigenvalue weighted by Gasteiger charge is 2.33. The molecule has 6 nitrogen and oxygen atoms in total. The largest absolute Gasteiger partial charge is 0.452 e. The van der Waals surface area contributed by atoms with E-state index in [0.29, 0.717) is 17.4 Å². The van der Waals surface area contributed by atoms with Gasteiger partial charge < -0.3 is 10.1 Å². The third kappa shape index (κ3) is 3.90. The van der Waals surface area contributed by atoms with E-state index in [4.69, 9.17) is 4.74 Å². The van der Waals surface area contributed by atoms with Crippen LogP contribution in [0.5, 0.6) is 0 Å². The maximum atomic E-state index is 13.0. The molecule has 3 atom stereocenters. The lowest BCUT2D eigenvalue weighted by Crippen LogP contribution is -2.45. The van der Waals surface area contributed by atoms with E-state index in [-0.39, 0.29) is 40.0 Å². The number of carbonyl (C=O) groups excluding carboxylic acids is 4. The third-order valence-corrected chi connectivity index (χ3v) is 6.56. The maximum Gasteiger partial charge on any atom is 0.339 e. The summed E-state index contributed by atoms with van der Waals surface area (Å²) in [5, 5.41) is 2.96. The number of rotatable bonds is 4. The van der Waals surface area contributed by atoms with Gasteiger partial charge in [-0.3, -0.25) is 14.4 Å². The van der Waals surface area contributed by atoms with E-state index in [9.17, 15) is 19.2 Å². The van der Waals surface area contributed by atoms with Gasteiger partial charge >= 0.3 is 5.97 Å². The predicted molar refractivity (Wildman–Crippen MR) is 114 cm³/mol. The summed E-state index contributed by atoms with van der Waals surface area (Å²) in [6.07, 6.45) is 3.12. The Morgan fingerprint density at radius 2 is 1.61 bits per heavy atom. The molecular weight excluding hydrogens is 394 g/mol. The quantitative estimate of drug-likeness (QED) is 0.653. The molecule has 1 N–H and O–H groups in total. The number of esters is 1. The van der Waals surface area contributed by atoms with Crippen molar-refractivity contribution in [3.8, 4) is 0 Å². The normalized spacial score (nSPS) is 22.3. The molecule has 1 saturated carbocycles. The van der Waals surface area contributed by atoms with E-state index in [2.05, 4.69) is 19.2 Å². The van der Waals surface area contributed by atoms with Crippen molar-refractivity contribution in [2.75, 3.05) is 6.61 Å². The fraction of sp³-hybridized carbons (Fsp3) is 0.360. The summed E-state index contributed by atoms with van der Waals surface area (Å²) in [6, 6.07) is 11.1. The molecule has 160 valence electrons. The lowest BCUT2D eigenvalue weighted by Gasteiger charge is -2.34. The Hall–Kier alpha value is -3.28. The molecule has 31 heavy (non-hydrogen) atoms. The summed E-state index contributed by atoms with van der Waals surface area (Å²) in [5.74, 6) is -0.971. The molecule has 0 saturated heterocycles. The van der Waals surface area contributed by atoms with Gasteiger partial charge in [-0.2, -0.15) is 0 Å². The van der Waals surface area contributed by atoms with Crippen LogP contribution >= 0.6 is 0 Å². The minimum atomic E-state index is -0.794. The Morgan fingerprint density at radius 1 is 0.935 bits per heavy atom. The smallest absolute Gasteiger partial charge is 0.339 e. The molecule has 0 aliphatic heterocycles. The highest BCUT2D eigenvalue weighted by Crippen LogP contribution is 2.30. The molecular formula is C25H25NO5. The van der Waals surface area contributed by atoms with Crippen LogP contribution < -0.4 is 5.32 Å². The van der Waals surface area contributed by atoms with Gasteiger partial charge in [-0.15, -0.1) is 0 Å². The van der Waals surface area contributed by atoms with E-state index < -0.39 is 18.4 Å². The van der Waals surface area contributed by atoms with Crippen molar-refractivity contribution in [3.63, 3.8) is 0 Å². The number of fused-ring (bicyclic) bond motifs is 2. The van der Waals surface area contributed by atoms with Crippen LogP contribution in [0.3, 0.4) is 0 Å². The Balaban J connectivity index is 1.48. The minimum Gasteiger partial charge on any atom is -0.452 e. The average Bonchev–Trinajstić information content (AvgIpc) is 2.78. The van der Waals surface area contributed by atoms with Crippen LogP contribution in [0.25, 0.3) is 0 Å². The van der Waals surface area contributed by atoms with Crippen LogP contribution in [0.2, 0.25) is 0 Å². The second kappa shape index (κ2) is 8.46. The molecule has 6 heteroatoms. The van der Waals surface area contributed by atoms with Crippen molar-refractivity contribution in [1.29, 1.82) is 0 Å². The summed E-state index contributed by atoms with van der Waals surface area (Å²) in [7, 11) is 0. The number of hydrogen-bond acceptors (Lipinski definition) is 5. The lowest BCUT2D eigenvalue weighted by atomic mass is 9.78.